The molecule has 0 fully saturated rings. The molecule has 1 aromatic carbocycles. The molecule has 0 unspecified atom stereocenters. The number of carbonyl (C=O) groups excluding carboxylic acids is 1. The van der Waals surface area contributed by atoms with E-state index in [2.05, 4.69) is 10.4 Å². The fraction of sp³-hybridized carbons (Fsp3) is 0.214. The first-order valence-corrected chi connectivity index (χ1v) is 6.08. The molecule has 0 bridgehead atoms. The first-order chi connectivity index (χ1) is 9.47. The quantitative estimate of drug-likeness (QED) is 0.880. The van der Waals surface area contributed by atoms with Crippen molar-refractivity contribution in [2.75, 3.05) is 0 Å². The molecule has 0 aliphatic rings. The molecule has 1 amide bonds. The normalized spacial score (nSPS) is 10.3. The molecule has 20 heavy (non-hydrogen) atoms. The van der Waals surface area contributed by atoms with Crippen molar-refractivity contribution in [3.63, 3.8) is 0 Å². The highest BCUT2D eigenvalue weighted by Gasteiger charge is 2.12. The Bertz CT molecular complexity index is 644. The van der Waals surface area contributed by atoms with Crippen LogP contribution in [0.1, 0.15) is 32.0 Å². The second-order valence-corrected chi connectivity index (χ2v) is 4.49. The number of nitrogens with zero attached hydrogens (tertiary/aromatic N) is 2. The Balaban J connectivity index is 2.00. The van der Waals surface area contributed by atoms with Gasteiger partial charge >= 0.3 is 5.97 Å². The Morgan fingerprint density at radius 1 is 1.30 bits per heavy atom. The predicted octanol–water partition coefficient (Wildman–Crippen LogP) is 1.36. The molecule has 1 heterocycles. The molecule has 1 aromatic heterocycles. The minimum absolute atomic E-state index is 0.196. The first kappa shape index (κ1) is 13.8. The van der Waals surface area contributed by atoms with Gasteiger partial charge in [0.2, 0.25) is 0 Å². The van der Waals surface area contributed by atoms with Crippen LogP contribution in [0.4, 0.5) is 0 Å². The van der Waals surface area contributed by atoms with Crippen LogP contribution >= 0.6 is 0 Å². The van der Waals surface area contributed by atoms with Crippen molar-refractivity contribution in [2.24, 2.45) is 7.05 Å². The number of nitrogens with one attached hydrogen (secondary N) is 1. The van der Waals surface area contributed by atoms with Crippen LogP contribution in [0.15, 0.2) is 30.5 Å². The number of hydrogen-bond donors (Lipinski definition) is 2. The highest BCUT2D eigenvalue weighted by molar-refractivity contribution is 5.95. The van der Waals surface area contributed by atoms with Crippen LogP contribution in [0.2, 0.25) is 0 Å². The van der Waals surface area contributed by atoms with Gasteiger partial charge in [0.15, 0.2) is 0 Å². The Hall–Kier alpha value is -2.63. The monoisotopic (exact) mass is 273 g/mol. The second-order valence-electron chi connectivity index (χ2n) is 4.49. The van der Waals surface area contributed by atoms with Crippen molar-refractivity contribution in [2.45, 2.75) is 13.5 Å². The number of amides is 1. The SMILES string of the molecule is Cc1nn(C)cc1C(=O)NCc1ccc(C(=O)O)cc1. The Labute approximate surface area is 116 Å². The molecule has 6 heteroatoms. The molecule has 0 saturated carbocycles. The summed E-state index contributed by atoms with van der Waals surface area (Å²) in [5.74, 6) is -1.16. The summed E-state index contributed by atoms with van der Waals surface area (Å²) in [6, 6.07) is 6.39. The highest BCUT2D eigenvalue weighted by atomic mass is 16.4. The van der Waals surface area contributed by atoms with Gasteiger partial charge < -0.3 is 10.4 Å². The lowest BCUT2D eigenvalue weighted by molar-refractivity contribution is 0.0696. The van der Waals surface area contributed by atoms with E-state index in [1.165, 1.54) is 12.1 Å². The van der Waals surface area contributed by atoms with Crippen LogP contribution < -0.4 is 5.32 Å². The highest BCUT2D eigenvalue weighted by Crippen LogP contribution is 2.07. The van der Waals surface area contributed by atoms with Gasteiger partial charge in [0.05, 0.1) is 16.8 Å². The molecule has 2 N–H and O–H groups in total. The van der Waals surface area contributed by atoms with Crippen LogP contribution in [-0.4, -0.2) is 26.8 Å². The Morgan fingerprint density at radius 3 is 2.45 bits per heavy atom. The summed E-state index contributed by atoms with van der Waals surface area (Å²) < 4.78 is 1.59. The molecular weight excluding hydrogens is 258 g/mol. The number of carboxylic acids is 1. The molecular formula is C14H15N3O3. The summed E-state index contributed by atoms with van der Waals surface area (Å²) in [6.45, 7) is 2.11. The lowest BCUT2D eigenvalue weighted by Gasteiger charge is -2.05. The zero-order valence-corrected chi connectivity index (χ0v) is 11.3. The van der Waals surface area contributed by atoms with Gasteiger partial charge in [0.25, 0.3) is 5.91 Å². The Kier molecular flexibility index (Phi) is 3.84. The van der Waals surface area contributed by atoms with E-state index in [1.54, 1.807) is 37.0 Å². The number of carbonyl (C=O) groups is 2. The minimum atomic E-state index is -0.966. The van der Waals surface area contributed by atoms with Gasteiger partial charge in [-0.2, -0.15) is 5.10 Å². The zero-order chi connectivity index (χ0) is 14.7. The van der Waals surface area contributed by atoms with Gasteiger partial charge in [-0.25, -0.2) is 4.79 Å². The number of benzene rings is 1. The standard InChI is InChI=1S/C14H15N3O3/c1-9-12(8-17(2)16-9)13(18)15-7-10-3-5-11(6-4-10)14(19)20/h3-6,8H,7H2,1-2H3,(H,15,18)(H,19,20). The third-order valence-corrected chi connectivity index (χ3v) is 2.91. The second kappa shape index (κ2) is 5.56. The van der Waals surface area contributed by atoms with Crippen molar-refractivity contribution < 1.29 is 14.7 Å². The largest absolute Gasteiger partial charge is 0.478 e. The van der Waals surface area contributed by atoms with E-state index >= 15 is 0 Å². The number of rotatable bonds is 4. The van der Waals surface area contributed by atoms with Gasteiger partial charge in [-0.05, 0) is 24.6 Å². The lowest BCUT2D eigenvalue weighted by atomic mass is 10.1. The van der Waals surface area contributed by atoms with E-state index in [9.17, 15) is 9.59 Å². The van der Waals surface area contributed by atoms with Crippen LogP contribution in [0.5, 0.6) is 0 Å². The minimum Gasteiger partial charge on any atom is -0.478 e. The van der Waals surface area contributed by atoms with Gasteiger partial charge in [-0.1, -0.05) is 12.1 Å². The molecule has 6 nitrogen and oxygen atoms in total. The van der Waals surface area contributed by atoms with Crippen LogP contribution in [0, 0.1) is 6.92 Å². The van der Waals surface area contributed by atoms with Crippen LogP contribution in [0.25, 0.3) is 0 Å². The summed E-state index contributed by atoms with van der Waals surface area (Å²) in [5.41, 5.74) is 2.27. The molecule has 2 aromatic rings. The summed E-state index contributed by atoms with van der Waals surface area (Å²) in [4.78, 5) is 22.7. The van der Waals surface area contributed by atoms with Crippen LogP contribution in [-0.2, 0) is 13.6 Å². The van der Waals surface area contributed by atoms with E-state index in [1.807, 2.05) is 0 Å². The third kappa shape index (κ3) is 3.03. The fourth-order valence-corrected chi connectivity index (χ4v) is 1.87. The predicted molar refractivity (Wildman–Crippen MR) is 72.5 cm³/mol. The van der Waals surface area contributed by atoms with Crippen molar-refractivity contribution in [1.29, 1.82) is 0 Å². The van der Waals surface area contributed by atoms with E-state index in [0.717, 1.165) is 5.56 Å². The van der Waals surface area contributed by atoms with E-state index in [0.29, 0.717) is 17.8 Å². The summed E-state index contributed by atoms with van der Waals surface area (Å²) in [6.07, 6.45) is 1.66. The van der Waals surface area contributed by atoms with Gasteiger partial charge in [0, 0.05) is 19.8 Å². The molecule has 0 aliphatic carbocycles. The number of aromatic nitrogens is 2. The van der Waals surface area contributed by atoms with Gasteiger partial charge in [0.1, 0.15) is 0 Å². The first-order valence-electron chi connectivity index (χ1n) is 6.08. The molecule has 2 rings (SSSR count). The smallest absolute Gasteiger partial charge is 0.335 e. The number of aryl methyl sites for hydroxylation is 2. The zero-order valence-electron chi connectivity index (χ0n) is 11.3. The van der Waals surface area contributed by atoms with Crippen molar-refractivity contribution in [3.8, 4) is 0 Å². The maximum absolute atomic E-state index is 12.0. The fourth-order valence-electron chi connectivity index (χ4n) is 1.87. The Morgan fingerprint density at radius 2 is 1.95 bits per heavy atom. The third-order valence-electron chi connectivity index (χ3n) is 2.91. The van der Waals surface area contributed by atoms with Gasteiger partial charge in [-0.15, -0.1) is 0 Å². The molecule has 0 aliphatic heterocycles. The maximum atomic E-state index is 12.0. The van der Waals surface area contributed by atoms with E-state index in [-0.39, 0.29) is 11.5 Å². The van der Waals surface area contributed by atoms with Crippen molar-refractivity contribution >= 4 is 11.9 Å². The van der Waals surface area contributed by atoms with Crippen molar-refractivity contribution in [1.82, 2.24) is 15.1 Å². The number of aromatic carboxylic acids is 1. The average molecular weight is 273 g/mol. The summed E-state index contributed by atoms with van der Waals surface area (Å²) in [5, 5.41) is 15.7. The van der Waals surface area contributed by atoms with Crippen molar-refractivity contribution in [3.05, 3.63) is 52.8 Å². The topological polar surface area (TPSA) is 84.2 Å². The van der Waals surface area contributed by atoms with E-state index in [4.69, 9.17) is 5.11 Å². The molecule has 0 saturated heterocycles. The molecule has 0 radical (unpaired) electrons. The summed E-state index contributed by atoms with van der Waals surface area (Å²) in [7, 11) is 1.76. The summed E-state index contributed by atoms with van der Waals surface area (Å²) >= 11 is 0. The van der Waals surface area contributed by atoms with E-state index < -0.39 is 5.97 Å². The van der Waals surface area contributed by atoms with Crippen LogP contribution in [0.3, 0.4) is 0 Å². The average Bonchev–Trinajstić information content (AvgIpc) is 2.75. The molecule has 104 valence electrons. The maximum Gasteiger partial charge on any atom is 0.335 e. The van der Waals surface area contributed by atoms with Gasteiger partial charge in [-0.3, -0.25) is 9.48 Å². The molecule has 0 atom stereocenters. The lowest BCUT2D eigenvalue weighted by Crippen LogP contribution is -2.23. The molecule has 0 spiro atoms. The number of hydrogen-bond acceptors (Lipinski definition) is 3. The number of carboxylic acid groups (broad SMARTS) is 1.